The van der Waals surface area contributed by atoms with E-state index in [9.17, 15) is 0 Å². The highest BCUT2D eigenvalue weighted by Gasteiger charge is 2.49. The van der Waals surface area contributed by atoms with E-state index < -0.39 is 7.26 Å². The second-order valence-corrected chi connectivity index (χ2v) is 10.4. The van der Waals surface area contributed by atoms with Crippen LogP contribution in [-0.2, 0) is 0 Å². The summed E-state index contributed by atoms with van der Waals surface area (Å²) in [6, 6.07) is 45.4. The van der Waals surface area contributed by atoms with Crippen molar-refractivity contribution in [1.82, 2.24) is 4.98 Å². The largest absolute Gasteiger partial charge is 1.00 e. The molecule has 0 amide bonds. The summed E-state index contributed by atoms with van der Waals surface area (Å²) in [4.78, 5) is 5.23. The molecular weight excluding hydrogens is 405 g/mol. The van der Waals surface area contributed by atoms with Crippen LogP contribution in [0.1, 0.15) is 0 Å². The van der Waals surface area contributed by atoms with Gasteiger partial charge in [0, 0.05) is 11.5 Å². The number of hydrogen-bond donors (Lipinski definition) is 0. The third kappa shape index (κ3) is 3.41. The molecule has 1 aromatic heterocycles. The number of fused-ring (bicyclic) bond motifs is 1. The van der Waals surface area contributed by atoms with Crippen LogP contribution in [0.15, 0.2) is 127 Å². The molecule has 0 aliphatic carbocycles. The Balaban J connectivity index is 0.00000218. The van der Waals surface area contributed by atoms with Gasteiger partial charge in [-0.05, 0) is 48.5 Å². The highest BCUT2D eigenvalue weighted by molar-refractivity contribution is 8.01. The zero-order chi connectivity index (χ0) is 19.5. The predicted molar refractivity (Wildman–Crippen MR) is 127 cm³/mol. The number of rotatable bonds is 4. The molecule has 1 heterocycles. The monoisotopic (exact) mass is 425 g/mol. The van der Waals surface area contributed by atoms with E-state index in [1.165, 1.54) is 21.3 Å². The number of pyridine rings is 1. The molecule has 4 aromatic carbocycles. The Kier molecular flexibility index (Phi) is 5.95. The topological polar surface area (TPSA) is 12.9 Å². The van der Waals surface area contributed by atoms with E-state index in [0.717, 1.165) is 11.0 Å². The summed E-state index contributed by atoms with van der Waals surface area (Å²) in [7, 11) is -2.12. The molecule has 30 heavy (non-hydrogen) atoms. The van der Waals surface area contributed by atoms with Gasteiger partial charge in [-0.2, -0.15) is 0 Å². The predicted octanol–water partition coefficient (Wildman–Crippen LogP) is 1.86. The van der Waals surface area contributed by atoms with Crippen molar-refractivity contribution in [2.45, 2.75) is 0 Å². The molecule has 0 N–H and O–H groups in total. The van der Waals surface area contributed by atoms with Crippen LogP contribution in [0.4, 0.5) is 0 Å². The second-order valence-electron chi connectivity index (χ2n) is 7.04. The van der Waals surface area contributed by atoms with Gasteiger partial charge in [-0.3, -0.25) is 0 Å². The van der Waals surface area contributed by atoms with Crippen LogP contribution in [-0.4, -0.2) is 4.98 Å². The minimum atomic E-state index is -2.12. The summed E-state index contributed by atoms with van der Waals surface area (Å²) >= 11 is 0. The van der Waals surface area contributed by atoms with Crippen LogP contribution < -0.4 is 33.8 Å². The molecule has 0 atom stereocenters. The molecule has 0 unspecified atom stereocenters. The highest BCUT2D eigenvalue weighted by Crippen LogP contribution is 2.53. The number of aromatic nitrogens is 1. The van der Waals surface area contributed by atoms with Crippen molar-refractivity contribution in [2.24, 2.45) is 0 Å². The van der Waals surface area contributed by atoms with Gasteiger partial charge in [0.25, 0.3) is 0 Å². The smallest absolute Gasteiger partial charge is 0.198 e. The van der Waals surface area contributed by atoms with E-state index in [0.29, 0.717) is 0 Å². The third-order valence-corrected chi connectivity index (χ3v) is 9.51. The van der Waals surface area contributed by atoms with Gasteiger partial charge < -0.3 is 12.4 Å². The molecule has 0 radical (unpaired) electrons. The van der Waals surface area contributed by atoms with Crippen molar-refractivity contribution in [3.63, 3.8) is 0 Å². The maximum absolute atomic E-state index is 5.23. The van der Waals surface area contributed by atoms with Gasteiger partial charge >= 0.3 is 0 Å². The lowest BCUT2D eigenvalue weighted by atomic mass is 10.2. The zero-order valence-corrected chi connectivity index (χ0v) is 18.0. The molecule has 0 aliphatic heterocycles. The van der Waals surface area contributed by atoms with Gasteiger partial charge in [0.15, 0.2) is 12.7 Å². The molecule has 0 saturated carbocycles. The molecule has 0 aliphatic rings. The standard InChI is InChI=1S/C27H21NP.ClH/c1-4-13-23(14-5-1)29(24-15-6-2-7-16-24,25-17-8-3-9-18-25)27-21-20-22-12-10-11-19-26(22)28-27;/h1-21H;1H/q+1;/p-1. The van der Waals surface area contributed by atoms with E-state index in [1.807, 2.05) is 0 Å². The van der Waals surface area contributed by atoms with E-state index in [1.54, 1.807) is 0 Å². The summed E-state index contributed by atoms with van der Waals surface area (Å²) in [5.74, 6) is 0. The van der Waals surface area contributed by atoms with Crippen LogP contribution in [0.3, 0.4) is 0 Å². The minimum absolute atomic E-state index is 0. The molecule has 3 heteroatoms. The number of hydrogen-bond acceptors (Lipinski definition) is 1. The van der Waals surface area contributed by atoms with Gasteiger partial charge in [-0.15, -0.1) is 0 Å². The Hall–Kier alpha value is -2.99. The molecule has 0 spiro atoms. The van der Waals surface area contributed by atoms with Gasteiger partial charge in [-0.1, -0.05) is 72.8 Å². The summed E-state index contributed by atoms with van der Waals surface area (Å²) < 4.78 is 0. The Labute approximate surface area is 184 Å². The van der Waals surface area contributed by atoms with Crippen LogP contribution in [0.25, 0.3) is 10.9 Å². The second kappa shape index (κ2) is 8.79. The van der Waals surface area contributed by atoms with Crippen LogP contribution in [0.2, 0.25) is 0 Å². The first kappa shape index (κ1) is 20.3. The first-order valence-electron chi connectivity index (χ1n) is 9.81. The van der Waals surface area contributed by atoms with Crippen molar-refractivity contribution in [3.8, 4) is 0 Å². The van der Waals surface area contributed by atoms with Crippen molar-refractivity contribution >= 4 is 39.5 Å². The number of halogens is 1. The lowest BCUT2D eigenvalue weighted by molar-refractivity contribution is -0.00000554. The molecule has 0 bridgehead atoms. The Morgan fingerprint density at radius 2 is 0.867 bits per heavy atom. The number of benzene rings is 4. The maximum atomic E-state index is 5.23. The first-order valence-corrected chi connectivity index (χ1v) is 11.6. The molecule has 0 saturated heterocycles. The molecule has 146 valence electrons. The summed E-state index contributed by atoms with van der Waals surface area (Å²) in [5, 5.41) is 5.13. The lowest BCUT2D eigenvalue weighted by Crippen LogP contribution is -3.00. The van der Waals surface area contributed by atoms with E-state index in [-0.39, 0.29) is 12.4 Å². The fraction of sp³-hybridized carbons (Fsp3) is 0. The quantitative estimate of drug-likeness (QED) is 0.401. The van der Waals surface area contributed by atoms with Crippen molar-refractivity contribution < 1.29 is 12.4 Å². The molecular formula is C27H21ClNP. The maximum Gasteiger partial charge on any atom is 0.198 e. The SMILES string of the molecule is [Cl-].c1ccc([P+](c2ccccc2)(c2ccccc2)c2ccc3ccccc3n2)cc1. The van der Waals surface area contributed by atoms with Crippen molar-refractivity contribution in [1.29, 1.82) is 0 Å². The van der Waals surface area contributed by atoms with Crippen molar-refractivity contribution in [2.75, 3.05) is 0 Å². The number of para-hydroxylation sites is 1. The Bertz CT molecular complexity index is 1140. The first-order chi connectivity index (χ1) is 14.4. The van der Waals surface area contributed by atoms with E-state index in [4.69, 9.17) is 4.98 Å². The van der Waals surface area contributed by atoms with E-state index >= 15 is 0 Å². The van der Waals surface area contributed by atoms with Gasteiger partial charge in [-0.25, -0.2) is 4.98 Å². The Morgan fingerprint density at radius 3 is 1.37 bits per heavy atom. The lowest BCUT2D eigenvalue weighted by Gasteiger charge is -2.26. The molecule has 5 aromatic rings. The summed E-state index contributed by atoms with van der Waals surface area (Å²) in [5.41, 5.74) is 2.18. The summed E-state index contributed by atoms with van der Waals surface area (Å²) in [6.07, 6.45) is 0. The fourth-order valence-electron chi connectivity index (χ4n) is 4.04. The van der Waals surface area contributed by atoms with Crippen molar-refractivity contribution in [3.05, 3.63) is 127 Å². The van der Waals surface area contributed by atoms with Gasteiger partial charge in [0.05, 0.1) is 5.52 Å². The van der Waals surface area contributed by atoms with Crippen LogP contribution in [0, 0.1) is 0 Å². The zero-order valence-electron chi connectivity index (χ0n) is 16.4. The average molecular weight is 426 g/mol. The minimum Gasteiger partial charge on any atom is -1.00 e. The third-order valence-electron chi connectivity index (χ3n) is 5.36. The Morgan fingerprint density at radius 1 is 0.433 bits per heavy atom. The van der Waals surface area contributed by atoms with Crippen LogP contribution in [0.5, 0.6) is 0 Å². The molecule has 0 fully saturated rings. The number of nitrogens with zero attached hydrogens (tertiary/aromatic N) is 1. The van der Waals surface area contributed by atoms with Gasteiger partial charge in [0.1, 0.15) is 15.9 Å². The normalized spacial score (nSPS) is 11.1. The molecule has 1 nitrogen and oxygen atoms in total. The fourth-order valence-corrected chi connectivity index (χ4v) is 8.14. The highest BCUT2D eigenvalue weighted by atomic mass is 35.5. The average Bonchev–Trinajstić information content (AvgIpc) is 2.82. The molecule has 5 rings (SSSR count). The van der Waals surface area contributed by atoms with Crippen LogP contribution >= 0.6 is 7.26 Å². The summed E-state index contributed by atoms with van der Waals surface area (Å²) in [6.45, 7) is 0. The van der Waals surface area contributed by atoms with Gasteiger partial charge in [0.2, 0.25) is 0 Å². The van der Waals surface area contributed by atoms with E-state index in [2.05, 4.69) is 127 Å².